The van der Waals surface area contributed by atoms with Crippen LogP contribution >= 0.6 is 11.8 Å². The molecular formula is C12H14N2O6S. The lowest BCUT2D eigenvalue weighted by Crippen LogP contribution is -2.30. The molecule has 1 aromatic rings. The number of hydrogen-bond donors (Lipinski definition) is 0. The number of hydrogen-bond acceptors (Lipinski definition) is 7. The highest BCUT2D eigenvalue weighted by molar-refractivity contribution is 8.01. The van der Waals surface area contributed by atoms with E-state index in [4.69, 9.17) is 4.74 Å². The summed E-state index contributed by atoms with van der Waals surface area (Å²) >= 11 is 0.931. The Morgan fingerprint density at radius 2 is 1.90 bits per heavy atom. The molecular weight excluding hydrogens is 300 g/mol. The van der Waals surface area contributed by atoms with E-state index in [1.54, 1.807) is 20.8 Å². The van der Waals surface area contributed by atoms with Crippen LogP contribution in [-0.4, -0.2) is 27.2 Å². The van der Waals surface area contributed by atoms with Crippen LogP contribution < -0.4 is 0 Å². The molecule has 114 valence electrons. The molecule has 0 amide bonds. The van der Waals surface area contributed by atoms with E-state index < -0.39 is 26.3 Å². The fourth-order valence-electron chi connectivity index (χ4n) is 1.47. The highest BCUT2D eigenvalue weighted by atomic mass is 32.2. The summed E-state index contributed by atoms with van der Waals surface area (Å²) in [5.74, 6) is -0.511. The Balaban J connectivity index is 3.16. The molecule has 0 saturated carbocycles. The zero-order valence-corrected chi connectivity index (χ0v) is 12.5. The van der Waals surface area contributed by atoms with Crippen molar-refractivity contribution in [3.63, 3.8) is 0 Å². The Bertz CT molecular complexity index is 587. The first-order chi connectivity index (χ1) is 9.69. The summed E-state index contributed by atoms with van der Waals surface area (Å²) in [6, 6.07) is 3.31. The second-order valence-corrected chi connectivity index (χ2v) is 6.16. The van der Waals surface area contributed by atoms with Crippen molar-refractivity contribution in [1.29, 1.82) is 0 Å². The van der Waals surface area contributed by atoms with Crippen LogP contribution in [0.4, 0.5) is 11.4 Å². The maximum Gasteiger partial charge on any atom is 0.321 e. The SMILES string of the molecule is CCOC(=O)C(C)(C)Sc1ccc([N+](=O)[O-])cc1[N+](=O)[O-]. The molecule has 0 radical (unpaired) electrons. The van der Waals surface area contributed by atoms with Gasteiger partial charge in [-0.1, -0.05) is 0 Å². The standard InChI is InChI=1S/C12H14N2O6S/c1-4-20-11(15)12(2,3)21-10-6-5-8(13(16)17)7-9(10)14(18)19/h5-7H,4H2,1-3H3. The fraction of sp³-hybridized carbons (Fsp3) is 0.417. The van der Waals surface area contributed by atoms with Gasteiger partial charge in [-0.15, -0.1) is 11.8 Å². The highest BCUT2D eigenvalue weighted by Crippen LogP contribution is 2.40. The molecule has 0 aliphatic heterocycles. The van der Waals surface area contributed by atoms with Crippen molar-refractivity contribution in [1.82, 2.24) is 0 Å². The normalized spacial score (nSPS) is 11.0. The van der Waals surface area contributed by atoms with Crippen molar-refractivity contribution in [2.24, 2.45) is 0 Å². The summed E-state index contributed by atoms with van der Waals surface area (Å²) in [7, 11) is 0. The number of rotatable bonds is 6. The van der Waals surface area contributed by atoms with Gasteiger partial charge >= 0.3 is 5.97 Å². The van der Waals surface area contributed by atoms with E-state index in [0.717, 1.165) is 23.9 Å². The molecule has 0 aliphatic rings. The van der Waals surface area contributed by atoms with E-state index in [2.05, 4.69) is 0 Å². The zero-order chi connectivity index (χ0) is 16.2. The molecule has 21 heavy (non-hydrogen) atoms. The number of nitro groups is 2. The number of carbonyl (C=O) groups excluding carboxylic acids is 1. The Kier molecular flexibility index (Phi) is 5.25. The highest BCUT2D eigenvalue weighted by Gasteiger charge is 2.33. The molecule has 9 heteroatoms. The maximum absolute atomic E-state index is 11.8. The summed E-state index contributed by atoms with van der Waals surface area (Å²) in [5.41, 5.74) is -0.786. The molecule has 0 atom stereocenters. The largest absolute Gasteiger partial charge is 0.465 e. The van der Waals surface area contributed by atoms with Crippen LogP contribution in [0.2, 0.25) is 0 Å². The number of non-ortho nitro benzene ring substituents is 1. The molecule has 0 aromatic heterocycles. The monoisotopic (exact) mass is 314 g/mol. The molecule has 0 aliphatic carbocycles. The van der Waals surface area contributed by atoms with Gasteiger partial charge in [0.15, 0.2) is 0 Å². The summed E-state index contributed by atoms with van der Waals surface area (Å²) < 4.78 is 3.86. The maximum atomic E-state index is 11.8. The summed E-state index contributed by atoms with van der Waals surface area (Å²) in [6.07, 6.45) is 0. The number of benzene rings is 1. The molecule has 0 N–H and O–H groups in total. The molecule has 0 bridgehead atoms. The van der Waals surface area contributed by atoms with Crippen LogP contribution in [-0.2, 0) is 9.53 Å². The summed E-state index contributed by atoms with van der Waals surface area (Å²) in [4.78, 5) is 32.3. The van der Waals surface area contributed by atoms with E-state index in [9.17, 15) is 25.0 Å². The van der Waals surface area contributed by atoms with Crippen molar-refractivity contribution in [2.75, 3.05) is 6.61 Å². The molecule has 1 aromatic carbocycles. The third kappa shape index (κ3) is 4.15. The molecule has 0 unspecified atom stereocenters. The molecule has 8 nitrogen and oxygen atoms in total. The van der Waals surface area contributed by atoms with Gasteiger partial charge in [0.05, 0.1) is 27.4 Å². The first-order valence-electron chi connectivity index (χ1n) is 5.98. The third-order valence-electron chi connectivity index (χ3n) is 2.48. The Labute approximate surface area is 124 Å². The molecule has 0 saturated heterocycles. The minimum Gasteiger partial charge on any atom is -0.465 e. The second-order valence-electron chi connectivity index (χ2n) is 4.50. The van der Waals surface area contributed by atoms with Crippen molar-refractivity contribution in [2.45, 2.75) is 30.4 Å². The number of thioether (sulfide) groups is 1. The minimum atomic E-state index is -1.04. The first kappa shape index (κ1) is 16.9. The van der Waals surface area contributed by atoms with E-state index in [0.29, 0.717) is 0 Å². The van der Waals surface area contributed by atoms with Gasteiger partial charge in [-0.3, -0.25) is 25.0 Å². The van der Waals surface area contributed by atoms with E-state index in [-0.39, 0.29) is 17.2 Å². The first-order valence-corrected chi connectivity index (χ1v) is 6.79. The smallest absolute Gasteiger partial charge is 0.321 e. The second kappa shape index (κ2) is 6.53. The van der Waals surface area contributed by atoms with Crippen LogP contribution in [0, 0.1) is 20.2 Å². The van der Waals surface area contributed by atoms with E-state index in [1.165, 1.54) is 6.07 Å². The van der Waals surface area contributed by atoms with Crippen LogP contribution in [0.1, 0.15) is 20.8 Å². The Morgan fingerprint density at radius 3 is 2.38 bits per heavy atom. The third-order valence-corrected chi connectivity index (χ3v) is 3.72. The topological polar surface area (TPSA) is 113 Å². The molecule has 0 heterocycles. The summed E-state index contributed by atoms with van der Waals surface area (Å²) in [5, 5.41) is 21.7. The van der Waals surface area contributed by atoms with Crippen molar-refractivity contribution in [3.8, 4) is 0 Å². The predicted octanol–water partition coefficient (Wildman–Crippen LogP) is 2.94. The zero-order valence-electron chi connectivity index (χ0n) is 11.7. The number of nitrogens with zero attached hydrogens (tertiary/aromatic N) is 2. The lowest BCUT2D eigenvalue weighted by atomic mass is 10.2. The van der Waals surface area contributed by atoms with Gasteiger partial charge in [0.25, 0.3) is 11.4 Å². The van der Waals surface area contributed by atoms with Crippen molar-refractivity contribution < 1.29 is 19.4 Å². The van der Waals surface area contributed by atoms with Gasteiger partial charge in [0.1, 0.15) is 4.75 Å². The van der Waals surface area contributed by atoms with Crippen molar-refractivity contribution in [3.05, 3.63) is 38.4 Å². The van der Waals surface area contributed by atoms with Crippen molar-refractivity contribution >= 4 is 29.1 Å². The lowest BCUT2D eigenvalue weighted by Gasteiger charge is -2.21. The molecule has 0 fully saturated rings. The van der Waals surface area contributed by atoms with Gasteiger partial charge in [-0.25, -0.2) is 0 Å². The Hall–Kier alpha value is -2.16. The number of carbonyl (C=O) groups is 1. The molecule has 0 spiro atoms. The van der Waals surface area contributed by atoms with Gasteiger partial charge < -0.3 is 4.74 Å². The van der Waals surface area contributed by atoms with Crippen LogP contribution in [0.3, 0.4) is 0 Å². The number of nitro benzene ring substituents is 2. The minimum absolute atomic E-state index is 0.170. The number of esters is 1. The molecule has 1 rings (SSSR count). The quantitative estimate of drug-likeness (QED) is 0.343. The van der Waals surface area contributed by atoms with Gasteiger partial charge in [-0.2, -0.15) is 0 Å². The fourth-order valence-corrected chi connectivity index (χ4v) is 2.54. The van der Waals surface area contributed by atoms with Gasteiger partial charge in [0.2, 0.25) is 0 Å². The predicted molar refractivity (Wildman–Crippen MR) is 76.3 cm³/mol. The Morgan fingerprint density at radius 1 is 1.29 bits per heavy atom. The average Bonchev–Trinajstić information content (AvgIpc) is 2.38. The van der Waals surface area contributed by atoms with Gasteiger partial charge in [-0.05, 0) is 26.8 Å². The van der Waals surface area contributed by atoms with Crippen LogP contribution in [0.15, 0.2) is 23.1 Å². The number of ether oxygens (including phenoxy) is 1. The summed E-state index contributed by atoms with van der Waals surface area (Å²) in [6.45, 7) is 5.00. The van der Waals surface area contributed by atoms with E-state index >= 15 is 0 Å². The van der Waals surface area contributed by atoms with Gasteiger partial charge in [0, 0.05) is 6.07 Å². The average molecular weight is 314 g/mol. The van der Waals surface area contributed by atoms with Crippen LogP contribution in [0.5, 0.6) is 0 Å². The van der Waals surface area contributed by atoms with E-state index in [1.807, 2.05) is 0 Å². The van der Waals surface area contributed by atoms with Crippen LogP contribution in [0.25, 0.3) is 0 Å². The lowest BCUT2D eigenvalue weighted by molar-refractivity contribution is -0.396.